The highest BCUT2D eigenvalue weighted by atomic mass is 31.3. The molecule has 0 aliphatic heterocycles. The number of hydrogen-bond donors (Lipinski definition) is 3. The highest BCUT2D eigenvalue weighted by molar-refractivity contribution is 7.60. The van der Waals surface area contributed by atoms with Crippen LogP contribution in [-0.2, 0) is 18.0 Å². The van der Waals surface area contributed by atoms with Gasteiger partial charge in [0.2, 0.25) is 0 Å². The third-order valence-corrected chi connectivity index (χ3v) is 5.05. The summed E-state index contributed by atoms with van der Waals surface area (Å²) in [6.07, 6.45) is 7.53. The Morgan fingerprint density at radius 3 is 2.08 bits per heavy atom. The highest BCUT2D eigenvalue weighted by Crippen LogP contribution is 2.57. The molecule has 0 bridgehead atoms. The van der Waals surface area contributed by atoms with E-state index in [1.54, 1.807) is 6.92 Å². The van der Waals surface area contributed by atoms with Crippen LogP contribution in [0.1, 0.15) is 54.7 Å². The summed E-state index contributed by atoms with van der Waals surface area (Å²) in [6.45, 7) is 7.29. The van der Waals surface area contributed by atoms with Crippen molar-refractivity contribution in [3.05, 3.63) is 34.9 Å². The summed E-state index contributed by atoms with van der Waals surface area (Å²) < 4.78 is 37.7. The fraction of sp³-hybridized carbons (Fsp3) is 0.600. The van der Waals surface area contributed by atoms with Gasteiger partial charge in [-0.3, -0.25) is 4.52 Å². The summed E-state index contributed by atoms with van der Waals surface area (Å²) in [5.74, 6) is 0. The van der Waals surface area contributed by atoms with E-state index in [1.807, 2.05) is 6.92 Å². The van der Waals surface area contributed by atoms with Gasteiger partial charge in [-0.15, -0.1) is 0 Å². The Labute approximate surface area is 145 Å². The minimum absolute atomic E-state index is 0.0285. The van der Waals surface area contributed by atoms with Gasteiger partial charge in [0.15, 0.2) is 0 Å². The van der Waals surface area contributed by atoms with E-state index in [4.69, 9.17) is 16.1 Å². The lowest BCUT2D eigenvalue weighted by molar-refractivity contribution is 0.191. The average Bonchev–Trinajstić information content (AvgIpc) is 2.41. The fourth-order valence-electron chi connectivity index (χ4n) is 1.71. The van der Waals surface area contributed by atoms with Crippen LogP contribution in [0.2, 0.25) is 0 Å². The molecule has 3 N–H and O–H groups in total. The van der Waals surface area contributed by atoms with E-state index in [-0.39, 0.29) is 6.05 Å². The Bertz CT molecular complexity index is 615. The lowest BCUT2D eigenvalue weighted by Crippen LogP contribution is -1.94. The van der Waals surface area contributed by atoms with Crippen molar-refractivity contribution in [2.24, 2.45) is 0 Å². The van der Waals surface area contributed by atoms with Crippen molar-refractivity contribution in [2.45, 2.75) is 53.4 Å². The van der Waals surface area contributed by atoms with Crippen molar-refractivity contribution in [3.8, 4) is 0 Å². The van der Waals surface area contributed by atoms with E-state index in [0.717, 1.165) is 19.3 Å². The van der Waals surface area contributed by atoms with Crippen LogP contribution in [-0.4, -0.2) is 21.3 Å². The van der Waals surface area contributed by atoms with Crippen LogP contribution in [0.5, 0.6) is 0 Å². The summed E-state index contributed by atoms with van der Waals surface area (Å²) >= 11 is 0. The molecule has 1 unspecified atom stereocenters. The third kappa shape index (κ3) is 15.0. The number of phosphoric acid groups is 2. The Balaban J connectivity index is 4.43. The maximum atomic E-state index is 11.3. The number of allylic oxidation sites excluding steroid dienone is 5. The second kappa shape index (κ2) is 11.2. The van der Waals surface area contributed by atoms with E-state index in [1.165, 1.54) is 11.1 Å². The minimum atomic E-state index is -5.14. The van der Waals surface area contributed by atoms with Crippen LogP contribution in [0.4, 0.5) is 0 Å². The van der Waals surface area contributed by atoms with Crippen molar-refractivity contribution in [1.29, 1.82) is 0 Å². The van der Waals surface area contributed by atoms with Gasteiger partial charge in [0.05, 0.1) is 7.98 Å². The van der Waals surface area contributed by atoms with Gasteiger partial charge in [0.1, 0.15) is 0 Å². The Kier molecular flexibility index (Phi) is 10.0. The van der Waals surface area contributed by atoms with E-state index in [9.17, 15) is 9.13 Å². The molecule has 0 rings (SSSR count). The molecule has 0 heterocycles. The molecule has 1 atom stereocenters. The third-order valence-electron chi connectivity index (χ3n) is 2.91. The van der Waals surface area contributed by atoms with Crippen molar-refractivity contribution in [2.75, 3.05) is 6.61 Å². The Morgan fingerprint density at radius 2 is 1.54 bits per heavy atom. The van der Waals surface area contributed by atoms with Gasteiger partial charge in [-0.25, -0.2) is 9.13 Å². The average molecular weight is 383 g/mol. The molecule has 0 aliphatic carbocycles. The highest BCUT2D eigenvalue weighted by Gasteiger charge is 2.31. The number of rotatable bonds is 11. The normalized spacial score (nSPS) is 17.0. The molecular weight excluding hydrogens is 354 g/mol. The van der Waals surface area contributed by atoms with Gasteiger partial charge < -0.3 is 14.7 Å². The predicted molar refractivity (Wildman–Crippen MR) is 94.3 cm³/mol. The molecule has 0 radical (unpaired) electrons. The largest absolute Gasteiger partial charge is 0.481 e. The molecule has 0 saturated carbocycles. The summed E-state index contributed by atoms with van der Waals surface area (Å²) in [5, 5.41) is 0. The Morgan fingerprint density at radius 1 is 1.00 bits per heavy atom. The van der Waals surface area contributed by atoms with Gasteiger partial charge in [-0.1, -0.05) is 34.9 Å². The van der Waals surface area contributed by atoms with Crippen LogP contribution < -0.4 is 0 Å². The van der Waals surface area contributed by atoms with Crippen LogP contribution in [0.25, 0.3) is 0 Å². The summed E-state index contributed by atoms with van der Waals surface area (Å²) in [4.78, 5) is 26.1. The topological polar surface area (TPSA) is 113 Å². The van der Waals surface area contributed by atoms with Crippen molar-refractivity contribution >= 4 is 15.6 Å². The van der Waals surface area contributed by atoms with Crippen molar-refractivity contribution in [1.82, 2.24) is 0 Å². The zero-order chi connectivity index (χ0) is 19.7. The van der Waals surface area contributed by atoms with Gasteiger partial charge >= 0.3 is 15.6 Å². The van der Waals surface area contributed by atoms with Crippen LogP contribution in [0.3, 0.4) is 0 Å². The molecule has 0 aliphatic rings. The summed E-state index contributed by atoms with van der Waals surface area (Å²) in [7, 11) is -10.0. The fourth-order valence-corrected chi connectivity index (χ4v) is 3.20. The van der Waals surface area contributed by atoms with Crippen molar-refractivity contribution in [3.63, 3.8) is 0 Å². The zero-order valence-corrected chi connectivity index (χ0v) is 16.3. The van der Waals surface area contributed by atoms with E-state index in [2.05, 4.69) is 34.8 Å². The molecule has 9 heteroatoms. The summed E-state index contributed by atoms with van der Waals surface area (Å²) in [6, 6.07) is -0.0285. The second-order valence-electron chi connectivity index (χ2n) is 5.68. The molecule has 140 valence electrons. The molecule has 0 aromatic heterocycles. The first kappa shape index (κ1) is 21.5. The molecule has 0 aromatic rings. The van der Waals surface area contributed by atoms with Crippen LogP contribution in [0, 0.1) is 0 Å². The lowest BCUT2D eigenvalue weighted by atomic mass is 10.1. The van der Waals surface area contributed by atoms with E-state index < -0.39 is 22.3 Å². The van der Waals surface area contributed by atoms with Crippen LogP contribution >= 0.6 is 15.6 Å². The molecule has 0 amide bonds. The maximum absolute atomic E-state index is 11.3. The molecule has 0 fully saturated rings. The number of phosphoric ester groups is 1. The first-order chi connectivity index (χ1) is 11.3. The maximum Gasteiger partial charge on any atom is 0.481 e. The minimum Gasteiger partial charge on any atom is -0.302 e. The summed E-state index contributed by atoms with van der Waals surface area (Å²) in [5.41, 5.74) is 3.20. The van der Waals surface area contributed by atoms with Crippen LogP contribution in [0.15, 0.2) is 34.9 Å². The quantitative estimate of drug-likeness (QED) is 0.352. The molecule has 0 aromatic carbocycles. The standard InChI is InChI=1S/C15H28O7P2/c1-13(2)7-5-8-14(3)9-6-10-15(4)11-12-21-24(19,20)22-23(16,17)18/h7,9,11H,5-6,8,10,12H2,1-4H3,(H,19,20)(H2,16,17,18)/b14-9+,15-11+/i11D. The molecule has 24 heavy (non-hydrogen) atoms. The Hall–Kier alpha value is -0.520. The smallest absolute Gasteiger partial charge is 0.302 e. The zero-order valence-electron chi connectivity index (χ0n) is 15.6. The van der Waals surface area contributed by atoms with E-state index in [0.29, 0.717) is 12.0 Å². The lowest BCUT2D eigenvalue weighted by Gasteiger charge is -2.11. The monoisotopic (exact) mass is 383 g/mol. The first-order valence-corrected chi connectivity index (χ1v) is 10.5. The van der Waals surface area contributed by atoms with E-state index >= 15 is 0 Å². The molecule has 0 saturated heterocycles. The molecular formula is C15H28O7P2. The molecule has 0 spiro atoms. The first-order valence-electron chi connectivity index (χ1n) is 8.01. The van der Waals surface area contributed by atoms with Gasteiger partial charge in [0, 0.05) is 0 Å². The van der Waals surface area contributed by atoms with Gasteiger partial charge in [-0.05, 0) is 53.4 Å². The predicted octanol–water partition coefficient (Wildman–Crippen LogP) is 4.63. The van der Waals surface area contributed by atoms with Gasteiger partial charge in [0.25, 0.3) is 0 Å². The second-order valence-corrected chi connectivity index (χ2v) is 8.51. The van der Waals surface area contributed by atoms with Crippen molar-refractivity contribution < 1.29 is 34.0 Å². The van der Waals surface area contributed by atoms with Gasteiger partial charge in [-0.2, -0.15) is 4.31 Å². The SMILES string of the molecule is [2H]/C(COP(=O)(O)OP(=O)(O)O)=C(/C)CC/C=C(\C)CCC=C(C)C. The number of hydrogen-bond acceptors (Lipinski definition) is 4. The molecule has 7 nitrogen and oxygen atoms in total.